The van der Waals surface area contributed by atoms with E-state index < -0.39 is 23.8 Å². The number of rotatable bonds is 14. The molecule has 2 atom stereocenters. The fourth-order valence-corrected chi connectivity index (χ4v) is 4.16. The molecule has 0 saturated carbocycles. The van der Waals surface area contributed by atoms with E-state index in [1.165, 1.54) is 5.56 Å². The van der Waals surface area contributed by atoms with Crippen molar-refractivity contribution in [3.8, 4) is 0 Å². The lowest BCUT2D eigenvalue weighted by Gasteiger charge is -2.26. The minimum atomic E-state index is -4.56. The molecular formula is C25H35F3N6O3. The lowest BCUT2D eigenvalue weighted by molar-refractivity contribution is -0.139. The fraction of sp³-hybridized carbons (Fsp3) is 0.600. The number of unbranched alkanes of at least 4 members (excludes halogenated alkanes) is 1. The first-order valence-corrected chi connectivity index (χ1v) is 12.5. The lowest BCUT2D eigenvalue weighted by atomic mass is 10.1. The molecule has 0 amide bonds. The highest BCUT2D eigenvalue weighted by molar-refractivity contribution is 5.76. The molecule has 0 fully saturated rings. The van der Waals surface area contributed by atoms with Gasteiger partial charge in [-0.3, -0.25) is 0 Å². The standard InChI is InChI=1S/C25H35F3N6O3/c1-17(37-2)16-34(12-4-3-7-20-9-8-18-6-5-11-29-22(18)32-20)13-10-21(23(35)36)33-24-30-14-19(15-31-24)25(26,27)28/h8-9,14-15,17,21H,3-7,10-13,16H2,1-2H3,(H,29,32)(H,35,36)(H,30,31,33). The number of carbonyl (C=O) groups is 1. The predicted molar refractivity (Wildman–Crippen MR) is 134 cm³/mol. The number of nitrogens with zero attached hydrogens (tertiary/aromatic N) is 4. The number of alkyl halides is 3. The Kier molecular flexibility index (Phi) is 10.4. The van der Waals surface area contributed by atoms with Crippen LogP contribution >= 0.6 is 0 Å². The number of hydrogen-bond donors (Lipinski definition) is 3. The number of carboxylic acids is 1. The zero-order valence-electron chi connectivity index (χ0n) is 21.2. The number of halogens is 3. The van der Waals surface area contributed by atoms with Gasteiger partial charge in [0.15, 0.2) is 0 Å². The highest BCUT2D eigenvalue weighted by Crippen LogP contribution is 2.28. The van der Waals surface area contributed by atoms with Gasteiger partial charge in [0.2, 0.25) is 5.95 Å². The van der Waals surface area contributed by atoms with Crippen molar-refractivity contribution in [2.24, 2.45) is 0 Å². The zero-order chi connectivity index (χ0) is 26.8. The third-order valence-corrected chi connectivity index (χ3v) is 6.34. The van der Waals surface area contributed by atoms with Crippen molar-refractivity contribution in [1.82, 2.24) is 19.9 Å². The van der Waals surface area contributed by atoms with Crippen molar-refractivity contribution < 1.29 is 27.8 Å². The van der Waals surface area contributed by atoms with Crippen LogP contribution in [0.3, 0.4) is 0 Å². The Morgan fingerprint density at radius 3 is 2.68 bits per heavy atom. The number of fused-ring (bicyclic) bond motifs is 1. The Balaban J connectivity index is 1.51. The lowest BCUT2D eigenvalue weighted by Crippen LogP contribution is -2.38. The summed E-state index contributed by atoms with van der Waals surface area (Å²) in [6.45, 7) is 4.73. The minimum Gasteiger partial charge on any atom is -0.480 e. The third-order valence-electron chi connectivity index (χ3n) is 6.34. The second-order valence-electron chi connectivity index (χ2n) is 9.26. The van der Waals surface area contributed by atoms with Crippen LogP contribution in [0, 0.1) is 0 Å². The Hall–Kier alpha value is -2.99. The SMILES string of the molecule is COC(C)CN(CCCCc1ccc2c(n1)NCCC2)CCC(Nc1ncc(C(F)(F)F)cn1)C(=O)O. The highest BCUT2D eigenvalue weighted by atomic mass is 19.4. The summed E-state index contributed by atoms with van der Waals surface area (Å²) in [6.07, 6.45) is 1.75. The maximum atomic E-state index is 12.7. The van der Waals surface area contributed by atoms with E-state index in [0.29, 0.717) is 25.5 Å². The van der Waals surface area contributed by atoms with Gasteiger partial charge in [-0.1, -0.05) is 6.07 Å². The number of pyridine rings is 1. The number of carboxylic acid groups (broad SMARTS) is 1. The summed E-state index contributed by atoms with van der Waals surface area (Å²) in [6, 6.07) is 3.18. The monoisotopic (exact) mass is 524 g/mol. The van der Waals surface area contributed by atoms with Crippen LogP contribution in [0.15, 0.2) is 24.5 Å². The maximum absolute atomic E-state index is 12.7. The second kappa shape index (κ2) is 13.5. The van der Waals surface area contributed by atoms with Crippen molar-refractivity contribution in [1.29, 1.82) is 0 Å². The molecule has 0 aromatic carbocycles. The molecule has 1 aliphatic heterocycles. The van der Waals surface area contributed by atoms with Crippen LogP contribution in [-0.4, -0.2) is 76.4 Å². The number of hydrogen-bond acceptors (Lipinski definition) is 8. The number of aliphatic carboxylic acids is 1. The summed E-state index contributed by atoms with van der Waals surface area (Å²) in [5, 5.41) is 15.6. The topological polar surface area (TPSA) is 113 Å². The Morgan fingerprint density at radius 2 is 2.00 bits per heavy atom. The van der Waals surface area contributed by atoms with Crippen molar-refractivity contribution >= 4 is 17.7 Å². The summed E-state index contributed by atoms with van der Waals surface area (Å²) >= 11 is 0. The summed E-state index contributed by atoms with van der Waals surface area (Å²) in [5.41, 5.74) is 1.32. The van der Waals surface area contributed by atoms with E-state index in [1.807, 2.05) is 6.92 Å². The van der Waals surface area contributed by atoms with E-state index >= 15 is 0 Å². The van der Waals surface area contributed by atoms with Crippen LogP contribution in [0.4, 0.5) is 24.9 Å². The van der Waals surface area contributed by atoms with Gasteiger partial charge in [-0.15, -0.1) is 0 Å². The van der Waals surface area contributed by atoms with Crippen LogP contribution in [0.2, 0.25) is 0 Å². The molecule has 3 rings (SSSR count). The van der Waals surface area contributed by atoms with E-state index in [1.54, 1.807) is 7.11 Å². The molecule has 12 heteroatoms. The molecule has 0 radical (unpaired) electrons. The first kappa shape index (κ1) is 28.6. The zero-order valence-corrected chi connectivity index (χ0v) is 21.2. The molecule has 0 saturated heterocycles. The van der Waals surface area contributed by atoms with Gasteiger partial charge < -0.3 is 25.4 Å². The van der Waals surface area contributed by atoms with Gasteiger partial charge in [0.1, 0.15) is 11.9 Å². The molecule has 2 unspecified atom stereocenters. The predicted octanol–water partition coefficient (Wildman–Crippen LogP) is 3.86. The average molecular weight is 525 g/mol. The van der Waals surface area contributed by atoms with Gasteiger partial charge >= 0.3 is 12.1 Å². The molecule has 3 N–H and O–H groups in total. The fourth-order valence-electron chi connectivity index (χ4n) is 4.16. The number of aromatic nitrogens is 3. The van der Waals surface area contributed by atoms with Crippen molar-refractivity contribution in [3.63, 3.8) is 0 Å². The van der Waals surface area contributed by atoms with Crippen LogP contribution in [0.25, 0.3) is 0 Å². The molecule has 2 aromatic heterocycles. The minimum absolute atomic E-state index is 0.0390. The molecule has 0 bridgehead atoms. The number of nitrogens with one attached hydrogen (secondary N) is 2. The van der Waals surface area contributed by atoms with Crippen LogP contribution in [0.1, 0.15) is 49.4 Å². The molecule has 37 heavy (non-hydrogen) atoms. The molecule has 0 aliphatic carbocycles. The number of aryl methyl sites for hydroxylation is 2. The van der Waals surface area contributed by atoms with E-state index in [9.17, 15) is 23.1 Å². The molecule has 204 valence electrons. The first-order chi connectivity index (χ1) is 17.7. The Labute approximate surface area is 214 Å². The van der Waals surface area contributed by atoms with E-state index in [2.05, 4.69) is 37.6 Å². The summed E-state index contributed by atoms with van der Waals surface area (Å²) in [4.78, 5) is 25.9. The van der Waals surface area contributed by atoms with Gasteiger partial charge in [-0.25, -0.2) is 19.7 Å². The molecule has 1 aliphatic rings. The van der Waals surface area contributed by atoms with Crippen molar-refractivity contribution in [2.45, 2.75) is 63.8 Å². The molecular weight excluding hydrogens is 489 g/mol. The summed E-state index contributed by atoms with van der Waals surface area (Å²) in [7, 11) is 1.63. The largest absolute Gasteiger partial charge is 0.480 e. The van der Waals surface area contributed by atoms with Gasteiger partial charge in [0.25, 0.3) is 0 Å². The Bertz CT molecular complexity index is 1010. The van der Waals surface area contributed by atoms with Gasteiger partial charge in [-0.05, 0) is 63.6 Å². The number of ether oxygens (including phenoxy) is 1. The average Bonchev–Trinajstić information content (AvgIpc) is 2.88. The smallest absolute Gasteiger partial charge is 0.419 e. The van der Waals surface area contributed by atoms with E-state index in [4.69, 9.17) is 9.72 Å². The summed E-state index contributed by atoms with van der Waals surface area (Å²) in [5.74, 6) is -0.303. The van der Waals surface area contributed by atoms with Crippen LogP contribution < -0.4 is 10.6 Å². The van der Waals surface area contributed by atoms with Gasteiger partial charge in [-0.2, -0.15) is 13.2 Å². The van der Waals surface area contributed by atoms with E-state index in [-0.39, 0.29) is 18.5 Å². The number of methoxy groups -OCH3 is 1. The van der Waals surface area contributed by atoms with Gasteiger partial charge in [0, 0.05) is 44.8 Å². The highest BCUT2D eigenvalue weighted by Gasteiger charge is 2.31. The van der Waals surface area contributed by atoms with Crippen molar-refractivity contribution in [3.05, 3.63) is 41.3 Å². The van der Waals surface area contributed by atoms with Gasteiger partial charge in [0.05, 0.1) is 11.7 Å². The molecule has 9 nitrogen and oxygen atoms in total. The Morgan fingerprint density at radius 1 is 1.24 bits per heavy atom. The summed E-state index contributed by atoms with van der Waals surface area (Å²) < 4.78 is 43.6. The maximum Gasteiger partial charge on any atom is 0.419 e. The normalized spacial score (nSPS) is 15.1. The third kappa shape index (κ3) is 9.12. The molecule has 3 heterocycles. The van der Waals surface area contributed by atoms with Crippen LogP contribution in [-0.2, 0) is 28.5 Å². The molecule has 2 aromatic rings. The van der Waals surface area contributed by atoms with Crippen LogP contribution in [0.5, 0.6) is 0 Å². The molecule has 0 spiro atoms. The number of anilines is 2. The van der Waals surface area contributed by atoms with Crippen molar-refractivity contribution in [2.75, 3.05) is 43.9 Å². The quantitative estimate of drug-likeness (QED) is 0.317. The first-order valence-electron chi connectivity index (χ1n) is 12.5. The second-order valence-corrected chi connectivity index (χ2v) is 9.26. The van der Waals surface area contributed by atoms with E-state index in [0.717, 1.165) is 56.7 Å².